The summed E-state index contributed by atoms with van der Waals surface area (Å²) in [5, 5.41) is 11.2. The maximum absolute atomic E-state index is 10.2. The van der Waals surface area contributed by atoms with Crippen molar-refractivity contribution < 1.29 is 5.11 Å². The number of hydrogen-bond donors (Lipinski definition) is 2. The summed E-state index contributed by atoms with van der Waals surface area (Å²) in [6.07, 6.45) is 0. The van der Waals surface area contributed by atoms with Crippen molar-refractivity contribution in [3.05, 3.63) is 30.1 Å². The minimum Gasteiger partial charge on any atom is -0.383 e. The number of nitrogens with zero attached hydrogens (tertiary/aromatic N) is 3. The fourth-order valence-corrected chi connectivity index (χ4v) is 2.49. The predicted octanol–water partition coefficient (Wildman–Crippen LogP) is 1.93. The summed E-state index contributed by atoms with van der Waals surface area (Å²) in [6.45, 7) is 3.42. The second-order valence-electron chi connectivity index (χ2n) is 5.26. The molecule has 0 radical (unpaired) electrons. The summed E-state index contributed by atoms with van der Waals surface area (Å²) in [4.78, 5) is 8.82. The van der Waals surface area contributed by atoms with Gasteiger partial charge in [-0.25, -0.2) is 9.97 Å². The van der Waals surface area contributed by atoms with Crippen molar-refractivity contribution in [3.63, 3.8) is 0 Å². The first-order valence-corrected chi connectivity index (χ1v) is 6.13. The maximum Gasteiger partial charge on any atom is 0.152 e. The van der Waals surface area contributed by atoms with Crippen molar-refractivity contribution in [2.24, 2.45) is 7.05 Å². The van der Waals surface area contributed by atoms with Crippen molar-refractivity contribution >= 4 is 27.8 Å². The highest BCUT2D eigenvalue weighted by Gasteiger charge is 2.25. The molecule has 0 aliphatic rings. The molecule has 0 fully saturated rings. The molecule has 98 valence electrons. The topological polar surface area (TPSA) is 77.0 Å². The number of fused-ring (bicyclic) bond motifs is 3. The Morgan fingerprint density at radius 3 is 2.58 bits per heavy atom. The predicted molar refractivity (Wildman–Crippen MR) is 75.7 cm³/mol. The van der Waals surface area contributed by atoms with Gasteiger partial charge in [-0.15, -0.1) is 0 Å². The van der Waals surface area contributed by atoms with Crippen molar-refractivity contribution in [1.82, 2.24) is 14.5 Å². The van der Waals surface area contributed by atoms with E-state index in [0.717, 1.165) is 16.4 Å². The molecule has 0 atom stereocenters. The number of imidazole rings is 1. The van der Waals surface area contributed by atoms with Crippen LogP contribution in [0, 0.1) is 0 Å². The standard InChI is InChI=1S/C14H16N4O/c1-14(2,19)13-17-10-11(18(13)3)8-6-4-5-7-9(8)16-12(10)15/h4-7,19H,1-3H3,(H2,15,16). The van der Waals surface area contributed by atoms with E-state index in [2.05, 4.69) is 9.97 Å². The molecule has 0 amide bonds. The largest absolute Gasteiger partial charge is 0.383 e. The Morgan fingerprint density at radius 2 is 1.89 bits per heavy atom. The van der Waals surface area contributed by atoms with E-state index in [4.69, 9.17) is 5.73 Å². The van der Waals surface area contributed by atoms with Crippen molar-refractivity contribution in [2.45, 2.75) is 19.4 Å². The lowest BCUT2D eigenvalue weighted by Crippen LogP contribution is -2.20. The van der Waals surface area contributed by atoms with E-state index >= 15 is 0 Å². The third kappa shape index (κ3) is 1.66. The van der Waals surface area contributed by atoms with Crippen molar-refractivity contribution in [3.8, 4) is 0 Å². The molecule has 5 heteroatoms. The van der Waals surface area contributed by atoms with Gasteiger partial charge in [0.15, 0.2) is 5.82 Å². The van der Waals surface area contributed by atoms with Crippen LogP contribution in [0.3, 0.4) is 0 Å². The molecule has 1 aromatic carbocycles. The van der Waals surface area contributed by atoms with Crippen LogP contribution < -0.4 is 5.73 Å². The zero-order chi connectivity index (χ0) is 13.8. The van der Waals surface area contributed by atoms with Crippen LogP contribution in [-0.2, 0) is 12.6 Å². The van der Waals surface area contributed by atoms with E-state index in [9.17, 15) is 5.11 Å². The van der Waals surface area contributed by atoms with Crippen LogP contribution in [0.4, 0.5) is 5.82 Å². The normalized spacial score (nSPS) is 12.4. The van der Waals surface area contributed by atoms with Gasteiger partial charge in [-0.1, -0.05) is 18.2 Å². The fraction of sp³-hybridized carbons (Fsp3) is 0.286. The highest BCUT2D eigenvalue weighted by atomic mass is 16.3. The molecule has 19 heavy (non-hydrogen) atoms. The second kappa shape index (κ2) is 3.68. The molecular weight excluding hydrogens is 240 g/mol. The quantitative estimate of drug-likeness (QED) is 0.697. The number of rotatable bonds is 1. The number of hydrogen-bond acceptors (Lipinski definition) is 4. The van der Waals surface area contributed by atoms with Gasteiger partial charge in [0.25, 0.3) is 0 Å². The van der Waals surface area contributed by atoms with E-state index < -0.39 is 5.60 Å². The number of aryl methyl sites for hydroxylation is 1. The van der Waals surface area contributed by atoms with Gasteiger partial charge in [-0.05, 0) is 19.9 Å². The molecule has 3 N–H and O–H groups in total. The summed E-state index contributed by atoms with van der Waals surface area (Å²) < 4.78 is 1.88. The number of nitrogen functional groups attached to an aromatic ring is 1. The molecule has 2 heterocycles. The Labute approximate surface area is 110 Å². The van der Waals surface area contributed by atoms with Gasteiger partial charge in [0.05, 0.1) is 11.0 Å². The summed E-state index contributed by atoms with van der Waals surface area (Å²) in [5.41, 5.74) is 7.32. The number of benzene rings is 1. The van der Waals surface area contributed by atoms with Gasteiger partial charge in [-0.2, -0.15) is 0 Å². The Hall–Kier alpha value is -2.14. The molecule has 0 aliphatic carbocycles. The summed E-state index contributed by atoms with van der Waals surface area (Å²) in [7, 11) is 1.88. The number of aromatic nitrogens is 3. The van der Waals surface area contributed by atoms with Crippen LogP contribution in [0.1, 0.15) is 19.7 Å². The SMILES string of the molecule is Cn1c(C(C)(C)O)nc2c(N)nc3ccccc3c21. The highest BCUT2D eigenvalue weighted by Crippen LogP contribution is 2.31. The lowest BCUT2D eigenvalue weighted by molar-refractivity contribution is 0.0663. The van der Waals surface area contributed by atoms with Gasteiger partial charge in [0.2, 0.25) is 0 Å². The molecule has 0 saturated carbocycles. The molecule has 0 aliphatic heterocycles. The molecule has 3 rings (SSSR count). The van der Waals surface area contributed by atoms with Gasteiger partial charge in [0, 0.05) is 12.4 Å². The first kappa shape index (κ1) is 11.9. The van der Waals surface area contributed by atoms with E-state index in [1.54, 1.807) is 13.8 Å². The van der Waals surface area contributed by atoms with Crippen LogP contribution in [0.5, 0.6) is 0 Å². The molecule has 0 bridgehead atoms. The van der Waals surface area contributed by atoms with E-state index in [1.165, 1.54) is 0 Å². The zero-order valence-corrected chi connectivity index (χ0v) is 11.2. The van der Waals surface area contributed by atoms with Crippen LogP contribution >= 0.6 is 0 Å². The molecule has 5 nitrogen and oxygen atoms in total. The average Bonchev–Trinajstić information content (AvgIpc) is 2.68. The van der Waals surface area contributed by atoms with Gasteiger partial charge in [-0.3, -0.25) is 0 Å². The minimum atomic E-state index is -1.03. The van der Waals surface area contributed by atoms with Crippen molar-refractivity contribution in [1.29, 1.82) is 0 Å². The zero-order valence-electron chi connectivity index (χ0n) is 11.2. The number of para-hydroxylation sites is 1. The van der Waals surface area contributed by atoms with E-state index in [-0.39, 0.29) is 0 Å². The maximum atomic E-state index is 10.2. The van der Waals surface area contributed by atoms with E-state index in [1.807, 2.05) is 35.9 Å². The second-order valence-corrected chi connectivity index (χ2v) is 5.26. The monoisotopic (exact) mass is 256 g/mol. The summed E-state index contributed by atoms with van der Waals surface area (Å²) in [5.74, 6) is 0.965. The summed E-state index contributed by atoms with van der Waals surface area (Å²) >= 11 is 0. The highest BCUT2D eigenvalue weighted by molar-refractivity contribution is 6.06. The fourth-order valence-electron chi connectivity index (χ4n) is 2.49. The van der Waals surface area contributed by atoms with Gasteiger partial charge < -0.3 is 15.4 Å². The Balaban J connectivity index is 2.54. The number of anilines is 1. The first-order valence-electron chi connectivity index (χ1n) is 6.13. The van der Waals surface area contributed by atoms with E-state index in [0.29, 0.717) is 17.2 Å². The minimum absolute atomic E-state index is 0.389. The molecule has 0 spiro atoms. The van der Waals surface area contributed by atoms with Crippen LogP contribution in [0.15, 0.2) is 24.3 Å². The van der Waals surface area contributed by atoms with Crippen molar-refractivity contribution in [2.75, 3.05) is 5.73 Å². The first-order chi connectivity index (χ1) is 8.89. The number of nitrogens with two attached hydrogens (primary N) is 1. The lowest BCUT2D eigenvalue weighted by Gasteiger charge is -2.16. The Kier molecular flexibility index (Phi) is 2.31. The van der Waals surface area contributed by atoms with Gasteiger partial charge in [0.1, 0.15) is 16.9 Å². The molecule has 0 unspecified atom stereocenters. The van der Waals surface area contributed by atoms with Crippen LogP contribution in [0.25, 0.3) is 21.9 Å². The Bertz CT molecular complexity index is 783. The third-order valence-electron chi connectivity index (χ3n) is 3.29. The Morgan fingerprint density at radius 1 is 1.21 bits per heavy atom. The smallest absolute Gasteiger partial charge is 0.152 e. The molecule has 0 saturated heterocycles. The third-order valence-corrected chi connectivity index (χ3v) is 3.29. The number of pyridine rings is 1. The average molecular weight is 256 g/mol. The molecule has 3 aromatic rings. The van der Waals surface area contributed by atoms with Crippen LogP contribution in [-0.4, -0.2) is 19.6 Å². The van der Waals surface area contributed by atoms with Gasteiger partial charge >= 0.3 is 0 Å². The lowest BCUT2D eigenvalue weighted by atomic mass is 10.1. The molecular formula is C14H16N4O. The van der Waals surface area contributed by atoms with Crippen LogP contribution in [0.2, 0.25) is 0 Å². The molecule has 2 aromatic heterocycles. The number of aliphatic hydroxyl groups is 1. The summed E-state index contributed by atoms with van der Waals surface area (Å²) in [6, 6.07) is 7.78.